The Hall–Kier alpha value is -6.14. The molecule has 0 aliphatic rings. The van der Waals surface area contributed by atoms with Crippen molar-refractivity contribution in [1.82, 2.24) is 29.9 Å². The van der Waals surface area contributed by atoms with Gasteiger partial charge in [0.15, 0.2) is 0 Å². The van der Waals surface area contributed by atoms with Crippen molar-refractivity contribution >= 4 is 137 Å². The van der Waals surface area contributed by atoms with E-state index in [1.807, 2.05) is 27.7 Å². The first-order chi connectivity index (χ1) is 36.1. The van der Waals surface area contributed by atoms with Crippen LogP contribution in [0.3, 0.4) is 0 Å². The van der Waals surface area contributed by atoms with E-state index in [-0.39, 0.29) is 85.1 Å². The topological polar surface area (TPSA) is 429 Å². The highest BCUT2D eigenvalue weighted by atomic mass is 32.2. The monoisotopic (exact) mass is 1170 g/mol. The van der Waals surface area contributed by atoms with E-state index < -0.39 is 45.0 Å². The quantitative estimate of drug-likeness (QED) is 0.00718. The van der Waals surface area contributed by atoms with Gasteiger partial charge in [0.1, 0.15) is 9.79 Å². The van der Waals surface area contributed by atoms with E-state index in [0.717, 1.165) is 24.3 Å². The number of benzene rings is 4. The predicted octanol–water partition coefficient (Wildman–Crippen LogP) is 8.65. The molecule has 12 N–H and O–H groups in total. The van der Waals surface area contributed by atoms with Crippen molar-refractivity contribution in [2.24, 2.45) is 0 Å². The number of nitrogens with one attached hydrogen (secondary N) is 6. The second-order valence-corrected chi connectivity index (χ2v) is 21.7. The van der Waals surface area contributed by atoms with Crippen molar-refractivity contribution in [2.45, 2.75) is 82.0 Å². The zero-order valence-corrected chi connectivity index (χ0v) is 44.3. The predicted molar refractivity (Wildman–Crippen MR) is 276 cm³/mol. The number of nitrogens with zero attached hydrogens (tertiary/aromatic N) is 6. The molecule has 4 aromatic carbocycles. The zero-order chi connectivity index (χ0) is 55.2. The summed E-state index contributed by atoms with van der Waals surface area (Å²) in [6.07, 6.45) is 4.09. The summed E-state index contributed by atoms with van der Waals surface area (Å²) in [5.74, 6) is -0.598. The van der Waals surface area contributed by atoms with Crippen molar-refractivity contribution in [3.05, 3.63) is 83.9 Å². The van der Waals surface area contributed by atoms with Crippen LogP contribution in [0.4, 0.5) is 58.4 Å². The molecular weight excluding hydrogens is 1130 g/mol. The Balaban J connectivity index is 1.31. The van der Waals surface area contributed by atoms with Gasteiger partial charge in [-0.2, -0.15) is 55.2 Å². The molecule has 2 atom stereocenters. The van der Waals surface area contributed by atoms with E-state index in [1.165, 1.54) is 48.6 Å². The number of anilines is 10. The Morgan fingerprint density at radius 3 is 1.50 bits per heavy atom. The minimum absolute atomic E-state index is 0.0115. The molecule has 36 heteroatoms. The molecule has 6 aromatic rings. The van der Waals surface area contributed by atoms with Crippen LogP contribution < -0.4 is 31.9 Å². The Kier molecular flexibility index (Phi) is 20.8. The normalized spacial score (nSPS) is 12.8. The summed E-state index contributed by atoms with van der Waals surface area (Å²) in [7, 11) is -14.4. The second kappa shape index (κ2) is 26.8. The standard InChI is InChI=1S/C40H44N12O18S6/c1-5-21(3)41-35-48-38(51-39(49-35)45-29-20-28(74(56,57)58)14-15-31(29)72-69-66-54)44-26-12-10-24(34(18-26)76(62,63)64)8-7-23-9-11-25(17-32(23)73-70-67-55)43-37-47-36(42-22(4)6-2)50-40(52-37)46-30-19-27(71-68-65-53)13-16-33(30)75(59,60)61/h7-22,53-55H,5-6H2,1-4H3,(H,56,57,58)(H,59,60,61)(H,62,63,64)(H3,41,44,45,48,49,51)(H3,42,43,46,47,50,52). The average Bonchev–Trinajstić information content (AvgIpc) is 3.36. The van der Waals surface area contributed by atoms with Crippen LogP contribution in [0.1, 0.15) is 51.7 Å². The van der Waals surface area contributed by atoms with E-state index in [0.29, 0.717) is 60.2 Å². The van der Waals surface area contributed by atoms with E-state index in [4.69, 9.17) is 20.1 Å². The van der Waals surface area contributed by atoms with Crippen molar-refractivity contribution in [1.29, 1.82) is 0 Å². The maximum Gasteiger partial charge on any atom is 0.296 e. The van der Waals surface area contributed by atoms with Crippen LogP contribution in [0.15, 0.2) is 102 Å². The van der Waals surface area contributed by atoms with Crippen molar-refractivity contribution in [3.63, 3.8) is 0 Å². The first kappa shape index (κ1) is 59.1. The van der Waals surface area contributed by atoms with Gasteiger partial charge >= 0.3 is 0 Å². The summed E-state index contributed by atoms with van der Waals surface area (Å²) in [5, 5.41) is 55.1. The Labute approximate surface area is 445 Å². The van der Waals surface area contributed by atoms with Crippen LogP contribution in [0.2, 0.25) is 0 Å². The van der Waals surface area contributed by atoms with E-state index in [9.17, 15) is 38.9 Å². The zero-order valence-electron chi connectivity index (χ0n) is 39.4. The molecule has 2 unspecified atom stereocenters. The summed E-state index contributed by atoms with van der Waals surface area (Å²) < 4.78 is 118. The number of aromatic nitrogens is 6. The van der Waals surface area contributed by atoms with Gasteiger partial charge in [0.05, 0.1) is 57.3 Å². The fraction of sp³-hybridized carbons (Fsp3) is 0.200. The molecule has 0 saturated carbocycles. The third kappa shape index (κ3) is 17.2. The average molecular weight is 1170 g/mol. The first-order valence-electron chi connectivity index (χ1n) is 21.3. The van der Waals surface area contributed by atoms with Crippen molar-refractivity contribution in [3.8, 4) is 0 Å². The van der Waals surface area contributed by atoms with Gasteiger partial charge in [-0.1, -0.05) is 53.2 Å². The summed E-state index contributed by atoms with van der Waals surface area (Å²) in [6, 6.07) is 15.1. The van der Waals surface area contributed by atoms with Gasteiger partial charge in [0, 0.05) is 33.2 Å². The van der Waals surface area contributed by atoms with Crippen LogP contribution >= 0.6 is 36.1 Å². The minimum atomic E-state index is -4.94. The van der Waals surface area contributed by atoms with Gasteiger partial charge in [-0.3, -0.25) is 13.7 Å². The molecule has 0 spiro atoms. The summed E-state index contributed by atoms with van der Waals surface area (Å²) >= 11 is 1.52. The number of hydrogen-bond donors (Lipinski definition) is 12. The lowest BCUT2D eigenvalue weighted by Gasteiger charge is -2.16. The molecule has 76 heavy (non-hydrogen) atoms. The van der Waals surface area contributed by atoms with Crippen molar-refractivity contribution < 1.29 is 82.8 Å². The third-order valence-corrected chi connectivity index (χ3v) is 14.5. The molecule has 0 bridgehead atoms. The summed E-state index contributed by atoms with van der Waals surface area (Å²) in [6.45, 7) is 7.50. The van der Waals surface area contributed by atoms with Crippen LogP contribution in [-0.4, -0.2) is 96.7 Å². The smallest absolute Gasteiger partial charge is 0.296 e. The van der Waals surface area contributed by atoms with Gasteiger partial charge < -0.3 is 31.9 Å². The fourth-order valence-electron chi connectivity index (χ4n) is 6.11. The Morgan fingerprint density at radius 2 is 0.974 bits per heavy atom. The lowest BCUT2D eigenvalue weighted by molar-refractivity contribution is -0.432. The highest BCUT2D eigenvalue weighted by Gasteiger charge is 2.22. The van der Waals surface area contributed by atoms with Crippen LogP contribution in [0.25, 0.3) is 12.2 Å². The molecule has 2 aromatic heterocycles. The van der Waals surface area contributed by atoms with E-state index >= 15 is 0 Å². The molecule has 0 aliphatic heterocycles. The van der Waals surface area contributed by atoms with Gasteiger partial charge in [-0.25, -0.2) is 15.8 Å². The fourth-order valence-corrected chi connectivity index (χ4v) is 9.29. The third-order valence-electron chi connectivity index (χ3n) is 9.95. The summed E-state index contributed by atoms with van der Waals surface area (Å²) in [5.41, 5.74) is 0.470. The number of rotatable bonds is 28. The second-order valence-electron chi connectivity index (χ2n) is 15.3. The Bertz CT molecular complexity index is 3390. The van der Waals surface area contributed by atoms with Crippen LogP contribution in [0.5, 0.6) is 0 Å². The minimum Gasteiger partial charge on any atom is -0.352 e. The number of hydrogen-bond acceptors (Lipinski definition) is 30. The van der Waals surface area contributed by atoms with Crippen LogP contribution in [0, 0.1) is 0 Å². The molecule has 408 valence electrons. The molecule has 6 rings (SSSR count). The largest absolute Gasteiger partial charge is 0.352 e. The van der Waals surface area contributed by atoms with E-state index in [1.54, 1.807) is 12.1 Å². The maximum absolute atomic E-state index is 12.9. The van der Waals surface area contributed by atoms with Crippen LogP contribution in [-0.2, 0) is 58.5 Å². The molecular formula is C40H44N12O18S6. The Morgan fingerprint density at radius 1 is 0.500 bits per heavy atom. The molecule has 0 saturated heterocycles. The first-order valence-corrected chi connectivity index (χ1v) is 27.9. The SMILES string of the molecule is CCC(C)Nc1nc(Nc2ccc(C=Cc3ccc(Nc4nc(Nc5cc(SOOO)ccc5S(=O)(=O)O)nc(NC(C)CC)n4)cc3SOOO)c(S(=O)(=O)O)c2)nc(Nc2cc(S(=O)(=O)O)ccc2SOOO)n1. The lowest BCUT2D eigenvalue weighted by atomic mass is 10.1. The molecule has 0 radical (unpaired) electrons. The lowest BCUT2D eigenvalue weighted by Crippen LogP contribution is -2.17. The molecule has 30 nitrogen and oxygen atoms in total. The van der Waals surface area contributed by atoms with Crippen molar-refractivity contribution in [2.75, 3.05) is 31.9 Å². The molecule has 2 heterocycles. The highest BCUT2D eigenvalue weighted by molar-refractivity contribution is 7.95. The summed E-state index contributed by atoms with van der Waals surface area (Å²) in [4.78, 5) is 25.1. The molecule has 0 fully saturated rings. The highest BCUT2D eigenvalue weighted by Crippen LogP contribution is 2.35. The van der Waals surface area contributed by atoms with Gasteiger partial charge in [0.25, 0.3) is 30.4 Å². The molecule has 0 amide bonds. The maximum atomic E-state index is 12.9. The molecule has 0 aliphatic carbocycles. The van der Waals surface area contributed by atoms with E-state index in [2.05, 4.69) is 85.6 Å². The van der Waals surface area contributed by atoms with Gasteiger partial charge in [0.2, 0.25) is 35.7 Å². The van der Waals surface area contributed by atoms with Gasteiger partial charge in [-0.15, -0.1) is 13.0 Å². The van der Waals surface area contributed by atoms with Gasteiger partial charge in [-0.05, 0) is 98.5 Å².